The molecule has 1 aliphatic carbocycles. The Labute approximate surface area is 231 Å². The van der Waals surface area contributed by atoms with Crippen LogP contribution in [0.4, 0.5) is 11.4 Å². The molecule has 4 aromatic carbocycles. The van der Waals surface area contributed by atoms with Crippen LogP contribution in [0.15, 0.2) is 113 Å². The number of ether oxygens (including phenoxy) is 1. The lowest BCUT2D eigenvalue weighted by atomic mass is 9.77. The van der Waals surface area contributed by atoms with Crippen molar-refractivity contribution in [2.75, 3.05) is 5.32 Å². The van der Waals surface area contributed by atoms with E-state index < -0.39 is 0 Å². The van der Waals surface area contributed by atoms with Crippen molar-refractivity contribution in [1.29, 1.82) is 0 Å². The van der Waals surface area contributed by atoms with E-state index in [-0.39, 0.29) is 6.04 Å². The van der Waals surface area contributed by atoms with Gasteiger partial charge >= 0.3 is 0 Å². The molecule has 0 fully saturated rings. The number of halogens is 2. The van der Waals surface area contributed by atoms with E-state index in [0.717, 1.165) is 33.5 Å². The Morgan fingerprint density at radius 2 is 1.84 bits per heavy atom. The highest BCUT2D eigenvalue weighted by Crippen LogP contribution is 2.49. The first-order valence-corrected chi connectivity index (χ1v) is 13.6. The molecule has 5 heteroatoms. The van der Waals surface area contributed by atoms with Gasteiger partial charge in [-0.3, -0.25) is 4.99 Å². The van der Waals surface area contributed by atoms with Gasteiger partial charge in [-0.1, -0.05) is 82.1 Å². The van der Waals surface area contributed by atoms with E-state index in [9.17, 15) is 0 Å². The maximum Gasteiger partial charge on any atom is 0.128 e. The van der Waals surface area contributed by atoms with Gasteiger partial charge in [0.2, 0.25) is 0 Å². The molecule has 0 saturated heterocycles. The molecule has 37 heavy (non-hydrogen) atoms. The van der Waals surface area contributed by atoms with Gasteiger partial charge in [0.25, 0.3) is 0 Å². The first kappa shape index (κ1) is 24.0. The van der Waals surface area contributed by atoms with Crippen molar-refractivity contribution in [3.05, 3.63) is 135 Å². The molecule has 0 unspecified atom stereocenters. The Kier molecular flexibility index (Phi) is 6.86. The predicted octanol–water partition coefficient (Wildman–Crippen LogP) is 9.26. The highest BCUT2D eigenvalue weighted by atomic mass is 79.9. The van der Waals surface area contributed by atoms with Crippen LogP contribution in [0.3, 0.4) is 0 Å². The van der Waals surface area contributed by atoms with Crippen LogP contribution < -0.4 is 10.1 Å². The molecule has 1 N–H and O–H groups in total. The number of nitrogens with zero attached hydrogens (tertiary/aromatic N) is 1. The molecule has 2 aliphatic rings. The SMILES string of the molecule is Clc1cccc(COc2ccc(Br)cc2C=Nc2ccc([C@@H]3Nc4ccccc4[C@@H]4C=CC[C@H]43)cc2)c1. The highest BCUT2D eigenvalue weighted by Gasteiger charge is 2.37. The molecule has 3 nitrogen and oxygen atoms in total. The van der Waals surface area contributed by atoms with Crippen LogP contribution in [-0.4, -0.2) is 6.21 Å². The molecule has 0 spiro atoms. The summed E-state index contributed by atoms with van der Waals surface area (Å²) in [5.41, 5.74) is 6.77. The Bertz CT molecular complexity index is 1480. The zero-order valence-corrected chi connectivity index (χ0v) is 22.5. The summed E-state index contributed by atoms with van der Waals surface area (Å²) in [4.78, 5) is 4.76. The van der Waals surface area contributed by atoms with E-state index in [0.29, 0.717) is 23.5 Å². The number of benzene rings is 4. The van der Waals surface area contributed by atoms with E-state index in [1.165, 1.54) is 16.8 Å². The predicted molar refractivity (Wildman–Crippen MR) is 156 cm³/mol. The summed E-state index contributed by atoms with van der Waals surface area (Å²) in [5.74, 6) is 1.78. The fraction of sp³-hybridized carbons (Fsp3) is 0.156. The number of fused-ring (bicyclic) bond motifs is 3. The van der Waals surface area contributed by atoms with Crippen LogP contribution in [0, 0.1) is 5.92 Å². The molecule has 0 bridgehead atoms. The maximum atomic E-state index is 6.12. The zero-order chi connectivity index (χ0) is 25.2. The Hall–Kier alpha value is -3.34. The van der Waals surface area contributed by atoms with Crippen molar-refractivity contribution >= 4 is 45.1 Å². The lowest BCUT2D eigenvalue weighted by molar-refractivity contribution is 0.306. The Balaban J connectivity index is 1.19. The van der Waals surface area contributed by atoms with E-state index in [2.05, 4.69) is 81.9 Å². The van der Waals surface area contributed by atoms with Crippen molar-refractivity contribution in [1.82, 2.24) is 0 Å². The molecular weight excluding hydrogens is 544 g/mol. The fourth-order valence-corrected chi connectivity index (χ4v) is 5.92. The van der Waals surface area contributed by atoms with Crippen LogP contribution in [0.5, 0.6) is 5.75 Å². The summed E-state index contributed by atoms with van der Waals surface area (Å²) in [6.45, 7) is 0.437. The van der Waals surface area contributed by atoms with Crippen molar-refractivity contribution in [2.45, 2.75) is 25.0 Å². The van der Waals surface area contributed by atoms with Gasteiger partial charge in [0.05, 0.1) is 11.7 Å². The number of hydrogen-bond acceptors (Lipinski definition) is 3. The summed E-state index contributed by atoms with van der Waals surface area (Å²) < 4.78 is 7.08. The van der Waals surface area contributed by atoms with Crippen molar-refractivity contribution in [2.24, 2.45) is 10.9 Å². The fourth-order valence-electron chi connectivity index (χ4n) is 5.32. The molecule has 1 heterocycles. The molecule has 0 amide bonds. The van der Waals surface area contributed by atoms with Gasteiger partial charge < -0.3 is 10.1 Å². The van der Waals surface area contributed by atoms with Crippen molar-refractivity contribution in [3.8, 4) is 5.75 Å². The zero-order valence-electron chi connectivity index (χ0n) is 20.1. The first-order valence-electron chi connectivity index (χ1n) is 12.5. The third kappa shape index (κ3) is 5.22. The normalized spacial score (nSPS) is 19.9. The first-order chi connectivity index (χ1) is 18.1. The minimum absolute atomic E-state index is 0.282. The summed E-state index contributed by atoms with van der Waals surface area (Å²) in [6, 6.07) is 31.2. The second kappa shape index (κ2) is 10.6. The molecule has 0 saturated carbocycles. The van der Waals surface area contributed by atoms with E-state index in [1.807, 2.05) is 48.7 Å². The van der Waals surface area contributed by atoms with Crippen molar-refractivity contribution in [3.63, 3.8) is 0 Å². The number of rotatable bonds is 6. The van der Waals surface area contributed by atoms with Crippen LogP contribution >= 0.6 is 27.5 Å². The van der Waals surface area contributed by atoms with E-state index >= 15 is 0 Å². The summed E-state index contributed by atoms with van der Waals surface area (Å²) in [5, 5.41) is 4.50. The smallest absolute Gasteiger partial charge is 0.128 e. The number of nitrogens with one attached hydrogen (secondary N) is 1. The van der Waals surface area contributed by atoms with Gasteiger partial charge in [0.1, 0.15) is 12.4 Å². The standard InChI is InChI=1S/C32H26BrClN2O/c33-24-13-16-31(37-20-21-5-3-6-25(34)17-21)23(18-24)19-35-26-14-11-22(12-15-26)32-29-9-4-8-27(29)28-7-1-2-10-30(28)36-32/h1-8,10-19,27,29,32,36H,9,20H2/t27-,29+,32-/m0/s1. The molecule has 3 atom stereocenters. The topological polar surface area (TPSA) is 33.6 Å². The number of anilines is 1. The number of hydrogen-bond donors (Lipinski definition) is 1. The quantitative estimate of drug-likeness (QED) is 0.185. The summed E-state index contributed by atoms with van der Waals surface area (Å²) in [6.07, 6.45) is 7.66. The van der Waals surface area contributed by atoms with Gasteiger partial charge in [-0.25, -0.2) is 0 Å². The average molecular weight is 570 g/mol. The molecule has 1 aliphatic heterocycles. The van der Waals surface area contributed by atoms with Gasteiger partial charge in [-0.2, -0.15) is 0 Å². The van der Waals surface area contributed by atoms with Crippen LogP contribution in [0.2, 0.25) is 5.02 Å². The average Bonchev–Trinajstić information content (AvgIpc) is 3.42. The van der Waals surface area contributed by atoms with Gasteiger partial charge in [-0.15, -0.1) is 0 Å². The summed E-state index contributed by atoms with van der Waals surface area (Å²) >= 11 is 9.68. The van der Waals surface area contributed by atoms with Gasteiger partial charge in [0.15, 0.2) is 0 Å². The van der Waals surface area contributed by atoms with E-state index in [4.69, 9.17) is 21.3 Å². The lowest BCUT2D eigenvalue weighted by Crippen LogP contribution is -2.28. The molecular formula is C32H26BrClN2O. The molecule has 0 aromatic heterocycles. The van der Waals surface area contributed by atoms with Crippen LogP contribution in [0.1, 0.15) is 40.6 Å². The minimum atomic E-state index is 0.282. The maximum absolute atomic E-state index is 6.12. The number of aliphatic imine (C=N–C) groups is 1. The Morgan fingerprint density at radius 3 is 2.70 bits per heavy atom. The largest absolute Gasteiger partial charge is 0.488 e. The van der Waals surface area contributed by atoms with E-state index in [1.54, 1.807) is 0 Å². The molecule has 6 rings (SSSR count). The van der Waals surface area contributed by atoms with Crippen LogP contribution in [-0.2, 0) is 6.61 Å². The minimum Gasteiger partial charge on any atom is -0.488 e. The second-order valence-corrected chi connectivity index (χ2v) is 10.9. The number of para-hydroxylation sites is 1. The van der Waals surface area contributed by atoms with Crippen molar-refractivity contribution < 1.29 is 4.74 Å². The monoisotopic (exact) mass is 568 g/mol. The Morgan fingerprint density at radius 1 is 0.973 bits per heavy atom. The number of allylic oxidation sites excluding steroid dienone is 2. The second-order valence-electron chi connectivity index (χ2n) is 9.51. The molecule has 0 radical (unpaired) electrons. The molecule has 4 aromatic rings. The molecule has 184 valence electrons. The highest BCUT2D eigenvalue weighted by molar-refractivity contribution is 9.10. The third-order valence-corrected chi connectivity index (χ3v) is 7.86. The van der Waals surface area contributed by atoms with Gasteiger partial charge in [0, 0.05) is 32.9 Å². The summed E-state index contributed by atoms with van der Waals surface area (Å²) in [7, 11) is 0. The van der Waals surface area contributed by atoms with Gasteiger partial charge in [-0.05, 0) is 77.6 Å². The van der Waals surface area contributed by atoms with Crippen LogP contribution in [0.25, 0.3) is 0 Å². The lowest BCUT2D eigenvalue weighted by Gasteiger charge is -2.37. The third-order valence-electron chi connectivity index (χ3n) is 7.13.